The normalized spacial score (nSPS) is 9.83. The van der Waals surface area contributed by atoms with E-state index in [1.807, 2.05) is 24.1 Å². The molecule has 3 nitrogen and oxygen atoms in total. The molecule has 2 aromatic rings. The van der Waals surface area contributed by atoms with Crippen LogP contribution in [0, 0.1) is 11.3 Å². The highest BCUT2D eigenvalue weighted by atomic mass is 15.2. The van der Waals surface area contributed by atoms with Gasteiger partial charge in [0.2, 0.25) is 0 Å². The molecular weight excluding hydrogens is 222 g/mol. The van der Waals surface area contributed by atoms with E-state index in [1.165, 1.54) is 5.56 Å². The molecule has 0 amide bonds. The SMILES string of the molecule is CCc1ccc(N(C)c2cccc(C#N)n2)cc1. The number of nitrogens with zero attached hydrogens (tertiary/aromatic N) is 3. The summed E-state index contributed by atoms with van der Waals surface area (Å²) in [5.41, 5.74) is 2.81. The molecule has 0 fully saturated rings. The molecule has 0 bridgehead atoms. The zero-order valence-electron chi connectivity index (χ0n) is 10.6. The van der Waals surface area contributed by atoms with Crippen molar-refractivity contribution < 1.29 is 0 Å². The van der Waals surface area contributed by atoms with Gasteiger partial charge in [0.15, 0.2) is 0 Å². The second-order valence-corrected chi connectivity index (χ2v) is 4.07. The van der Waals surface area contributed by atoms with Crippen molar-refractivity contribution in [2.75, 3.05) is 11.9 Å². The first-order valence-electron chi connectivity index (χ1n) is 5.94. The summed E-state index contributed by atoms with van der Waals surface area (Å²) in [6.07, 6.45) is 1.03. The lowest BCUT2D eigenvalue weighted by Crippen LogP contribution is -2.11. The second-order valence-electron chi connectivity index (χ2n) is 4.07. The molecule has 1 aromatic heterocycles. The van der Waals surface area contributed by atoms with Crippen molar-refractivity contribution in [2.45, 2.75) is 13.3 Å². The fraction of sp³-hybridized carbons (Fsp3) is 0.200. The maximum Gasteiger partial charge on any atom is 0.142 e. The van der Waals surface area contributed by atoms with Crippen LogP contribution in [0.15, 0.2) is 42.5 Å². The molecule has 0 atom stereocenters. The van der Waals surface area contributed by atoms with Crippen LogP contribution < -0.4 is 4.90 Å². The monoisotopic (exact) mass is 237 g/mol. The van der Waals surface area contributed by atoms with Crippen LogP contribution in [-0.4, -0.2) is 12.0 Å². The number of aromatic nitrogens is 1. The number of hydrogen-bond acceptors (Lipinski definition) is 3. The lowest BCUT2D eigenvalue weighted by Gasteiger charge is -2.18. The van der Waals surface area contributed by atoms with Crippen LogP contribution in [0.4, 0.5) is 11.5 Å². The molecule has 18 heavy (non-hydrogen) atoms. The predicted molar refractivity (Wildman–Crippen MR) is 72.8 cm³/mol. The summed E-state index contributed by atoms with van der Waals surface area (Å²) in [6, 6.07) is 15.9. The molecule has 90 valence electrons. The molecule has 2 rings (SSSR count). The molecule has 0 saturated carbocycles. The van der Waals surface area contributed by atoms with Gasteiger partial charge in [0.05, 0.1) is 0 Å². The van der Waals surface area contributed by atoms with Gasteiger partial charge in [-0.3, -0.25) is 0 Å². The van der Waals surface area contributed by atoms with E-state index in [4.69, 9.17) is 5.26 Å². The van der Waals surface area contributed by atoms with Crippen LogP contribution in [0.25, 0.3) is 0 Å². The molecule has 0 N–H and O–H groups in total. The zero-order chi connectivity index (χ0) is 13.0. The van der Waals surface area contributed by atoms with Crippen LogP contribution in [0.3, 0.4) is 0 Å². The highest BCUT2D eigenvalue weighted by Crippen LogP contribution is 2.22. The van der Waals surface area contributed by atoms with Crippen molar-refractivity contribution in [1.29, 1.82) is 5.26 Å². The first-order chi connectivity index (χ1) is 8.74. The summed E-state index contributed by atoms with van der Waals surface area (Å²) in [5.74, 6) is 0.776. The fourth-order valence-electron chi connectivity index (χ4n) is 1.76. The lowest BCUT2D eigenvalue weighted by atomic mass is 10.1. The Morgan fingerprint density at radius 2 is 1.89 bits per heavy atom. The van der Waals surface area contributed by atoms with Gasteiger partial charge in [-0.25, -0.2) is 4.98 Å². The van der Waals surface area contributed by atoms with Gasteiger partial charge in [0, 0.05) is 12.7 Å². The summed E-state index contributed by atoms with van der Waals surface area (Å²) in [6.45, 7) is 2.14. The molecule has 1 heterocycles. The highest BCUT2D eigenvalue weighted by molar-refractivity contribution is 5.59. The number of nitriles is 1. The predicted octanol–water partition coefficient (Wildman–Crippen LogP) is 3.28. The number of aryl methyl sites for hydroxylation is 1. The standard InChI is InChI=1S/C15H15N3/c1-3-12-7-9-14(10-8-12)18(2)15-6-4-5-13(11-16)17-15/h4-10H,3H2,1-2H3. The first-order valence-corrected chi connectivity index (χ1v) is 5.94. The summed E-state index contributed by atoms with van der Waals surface area (Å²) in [7, 11) is 1.95. The summed E-state index contributed by atoms with van der Waals surface area (Å²) in [5, 5.41) is 8.85. The Morgan fingerprint density at radius 3 is 2.50 bits per heavy atom. The van der Waals surface area contributed by atoms with E-state index < -0.39 is 0 Å². The number of benzene rings is 1. The average molecular weight is 237 g/mol. The molecule has 0 spiro atoms. The smallest absolute Gasteiger partial charge is 0.142 e. The molecule has 0 saturated heterocycles. The van der Waals surface area contributed by atoms with E-state index in [9.17, 15) is 0 Å². The van der Waals surface area contributed by atoms with E-state index >= 15 is 0 Å². The van der Waals surface area contributed by atoms with Crippen molar-refractivity contribution in [1.82, 2.24) is 4.98 Å². The quantitative estimate of drug-likeness (QED) is 0.822. The van der Waals surface area contributed by atoms with Gasteiger partial charge in [-0.15, -0.1) is 0 Å². The van der Waals surface area contributed by atoms with Gasteiger partial charge >= 0.3 is 0 Å². The maximum absolute atomic E-state index is 8.85. The van der Waals surface area contributed by atoms with E-state index in [-0.39, 0.29) is 0 Å². The van der Waals surface area contributed by atoms with Crippen LogP contribution in [0.5, 0.6) is 0 Å². The van der Waals surface area contributed by atoms with E-state index in [0.29, 0.717) is 5.69 Å². The molecule has 0 aliphatic carbocycles. The minimum absolute atomic E-state index is 0.435. The largest absolute Gasteiger partial charge is 0.329 e. The molecular formula is C15H15N3. The van der Waals surface area contributed by atoms with Crippen molar-refractivity contribution in [3.05, 3.63) is 53.7 Å². The van der Waals surface area contributed by atoms with Crippen LogP contribution >= 0.6 is 0 Å². The van der Waals surface area contributed by atoms with E-state index in [0.717, 1.165) is 17.9 Å². The molecule has 1 aromatic carbocycles. The molecule has 0 unspecified atom stereocenters. The van der Waals surface area contributed by atoms with Gasteiger partial charge in [0.1, 0.15) is 17.6 Å². The summed E-state index contributed by atoms with van der Waals surface area (Å²) >= 11 is 0. The van der Waals surface area contributed by atoms with Crippen LogP contribution in [0.2, 0.25) is 0 Å². The Labute approximate surface area is 107 Å². The van der Waals surface area contributed by atoms with E-state index in [1.54, 1.807) is 6.07 Å². The first kappa shape index (κ1) is 12.1. The van der Waals surface area contributed by atoms with Gasteiger partial charge in [0.25, 0.3) is 0 Å². The van der Waals surface area contributed by atoms with Gasteiger partial charge in [-0.1, -0.05) is 25.1 Å². The summed E-state index contributed by atoms with van der Waals surface area (Å²) < 4.78 is 0. The Kier molecular flexibility index (Phi) is 3.59. The topological polar surface area (TPSA) is 39.9 Å². The van der Waals surface area contributed by atoms with Crippen molar-refractivity contribution >= 4 is 11.5 Å². The fourth-order valence-corrected chi connectivity index (χ4v) is 1.76. The van der Waals surface area contributed by atoms with Crippen LogP contribution in [-0.2, 0) is 6.42 Å². The molecule has 0 aliphatic heterocycles. The number of anilines is 2. The van der Waals surface area contributed by atoms with Crippen molar-refractivity contribution in [3.63, 3.8) is 0 Å². The second kappa shape index (κ2) is 5.33. The third-order valence-electron chi connectivity index (χ3n) is 2.92. The van der Waals surface area contributed by atoms with E-state index in [2.05, 4.69) is 42.2 Å². The highest BCUT2D eigenvalue weighted by Gasteiger charge is 2.05. The zero-order valence-corrected chi connectivity index (χ0v) is 10.6. The van der Waals surface area contributed by atoms with Gasteiger partial charge in [-0.2, -0.15) is 5.26 Å². The molecule has 0 radical (unpaired) electrons. The number of rotatable bonds is 3. The van der Waals surface area contributed by atoms with Crippen LogP contribution in [0.1, 0.15) is 18.2 Å². The average Bonchev–Trinajstić information content (AvgIpc) is 2.46. The van der Waals surface area contributed by atoms with Gasteiger partial charge in [-0.05, 0) is 36.2 Å². The third kappa shape index (κ3) is 2.49. The maximum atomic E-state index is 8.85. The Balaban J connectivity index is 2.29. The minimum Gasteiger partial charge on any atom is -0.329 e. The van der Waals surface area contributed by atoms with Crippen molar-refractivity contribution in [2.24, 2.45) is 0 Å². The molecule has 3 heteroatoms. The van der Waals surface area contributed by atoms with Gasteiger partial charge < -0.3 is 4.90 Å². The third-order valence-corrected chi connectivity index (χ3v) is 2.92. The Hall–Kier alpha value is -2.34. The Bertz CT molecular complexity index is 567. The lowest BCUT2D eigenvalue weighted by molar-refractivity contribution is 1.10. The summed E-state index contributed by atoms with van der Waals surface area (Å²) in [4.78, 5) is 6.25. The number of pyridine rings is 1. The number of hydrogen-bond donors (Lipinski definition) is 0. The Morgan fingerprint density at radius 1 is 1.17 bits per heavy atom. The minimum atomic E-state index is 0.435. The van der Waals surface area contributed by atoms with Crippen molar-refractivity contribution in [3.8, 4) is 6.07 Å². The molecule has 0 aliphatic rings.